The Kier molecular flexibility index (Phi) is 6.24. The van der Waals surface area contributed by atoms with Crippen LogP contribution < -0.4 is 5.32 Å². The second kappa shape index (κ2) is 8.19. The predicted molar refractivity (Wildman–Crippen MR) is 92.8 cm³/mol. The van der Waals surface area contributed by atoms with Crippen molar-refractivity contribution >= 4 is 17.7 Å². The maximum atomic E-state index is 12.5. The van der Waals surface area contributed by atoms with Gasteiger partial charge in [-0.25, -0.2) is 0 Å². The Bertz CT molecular complexity index is 403. The van der Waals surface area contributed by atoms with Crippen molar-refractivity contribution in [3.63, 3.8) is 0 Å². The van der Waals surface area contributed by atoms with Crippen molar-refractivity contribution in [1.82, 2.24) is 10.2 Å². The second-order valence-electron chi connectivity index (χ2n) is 7.06. The molecule has 5 atom stereocenters. The molecule has 1 amide bonds. The number of nitrogens with one attached hydrogen (secondary N) is 1. The SMILES string of the molecule is COC1CCC(N2CCC(C(=O)NC3CCSC3)C2)CC1OC. The molecule has 3 rings (SSSR count). The number of hydrogen-bond acceptors (Lipinski definition) is 5. The molecule has 2 aliphatic heterocycles. The fourth-order valence-corrected chi connectivity index (χ4v) is 5.38. The van der Waals surface area contributed by atoms with Crippen molar-refractivity contribution in [2.45, 2.75) is 56.4 Å². The molecule has 3 fully saturated rings. The van der Waals surface area contributed by atoms with Crippen LogP contribution in [0.5, 0.6) is 0 Å². The van der Waals surface area contributed by atoms with Crippen LogP contribution in [0.1, 0.15) is 32.1 Å². The summed E-state index contributed by atoms with van der Waals surface area (Å²) in [4.78, 5) is 15.0. The number of ether oxygens (including phenoxy) is 2. The lowest BCUT2D eigenvalue weighted by atomic mass is 9.89. The summed E-state index contributed by atoms with van der Waals surface area (Å²) in [5.41, 5.74) is 0. The number of carbonyl (C=O) groups is 1. The van der Waals surface area contributed by atoms with Crippen molar-refractivity contribution in [2.24, 2.45) is 5.92 Å². The van der Waals surface area contributed by atoms with Crippen molar-refractivity contribution in [1.29, 1.82) is 0 Å². The summed E-state index contributed by atoms with van der Waals surface area (Å²) in [5, 5.41) is 3.25. The third kappa shape index (κ3) is 4.21. The van der Waals surface area contributed by atoms with E-state index in [9.17, 15) is 4.79 Å². The Morgan fingerprint density at radius 2 is 1.96 bits per heavy atom. The van der Waals surface area contributed by atoms with E-state index in [1.807, 2.05) is 11.8 Å². The standard InChI is InChI=1S/C17H30N2O3S/c1-21-15-4-3-14(9-16(15)22-2)19-7-5-12(10-19)17(20)18-13-6-8-23-11-13/h12-16H,3-11H2,1-2H3,(H,18,20). The van der Waals surface area contributed by atoms with Crippen LogP contribution in [-0.2, 0) is 14.3 Å². The van der Waals surface area contributed by atoms with Gasteiger partial charge in [-0.2, -0.15) is 11.8 Å². The molecule has 1 N–H and O–H groups in total. The molecule has 0 radical (unpaired) electrons. The van der Waals surface area contributed by atoms with Crippen LogP contribution in [0, 0.1) is 5.92 Å². The van der Waals surface area contributed by atoms with Gasteiger partial charge >= 0.3 is 0 Å². The van der Waals surface area contributed by atoms with E-state index in [2.05, 4.69) is 10.2 Å². The van der Waals surface area contributed by atoms with Crippen molar-refractivity contribution in [3.8, 4) is 0 Å². The van der Waals surface area contributed by atoms with Gasteiger partial charge in [0.25, 0.3) is 0 Å². The highest BCUT2D eigenvalue weighted by atomic mass is 32.2. The summed E-state index contributed by atoms with van der Waals surface area (Å²) in [6, 6.07) is 0.933. The molecule has 0 aromatic rings. The summed E-state index contributed by atoms with van der Waals surface area (Å²) < 4.78 is 11.1. The molecular weight excluding hydrogens is 312 g/mol. The highest BCUT2D eigenvalue weighted by molar-refractivity contribution is 7.99. The van der Waals surface area contributed by atoms with Crippen molar-refractivity contribution < 1.29 is 14.3 Å². The van der Waals surface area contributed by atoms with E-state index in [-0.39, 0.29) is 24.0 Å². The van der Waals surface area contributed by atoms with E-state index in [1.54, 1.807) is 14.2 Å². The molecule has 5 nitrogen and oxygen atoms in total. The fraction of sp³-hybridized carbons (Fsp3) is 0.941. The molecule has 1 aliphatic carbocycles. The number of thioether (sulfide) groups is 1. The lowest BCUT2D eigenvalue weighted by Gasteiger charge is -2.38. The van der Waals surface area contributed by atoms with Gasteiger partial charge in [0.05, 0.1) is 18.1 Å². The molecule has 0 bridgehead atoms. The molecule has 0 aromatic carbocycles. The van der Waals surface area contributed by atoms with Crippen LogP contribution in [-0.4, -0.2) is 73.9 Å². The zero-order valence-electron chi connectivity index (χ0n) is 14.3. The molecule has 3 aliphatic rings. The van der Waals surface area contributed by atoms with Crippen LogP contribution in [0.3, 0.4) is 0 Å². The first kappa shape index (κ1) is 17.5. The Morgan fingerprint density at radius 1 is 1.13 bits per heavy atom. The van der Waals surface area contributed by atoms with Crippen LogP contribution in [0.2, 0.25) is 0 Å². The quantitative estimate of drug-likeness (QED) is 0.821. The van der Waals surface area contributed by atoms with Gasteiger partial charge in [0.15, 0.2) is 0 Å². The Labute approximate surface area is 143 Å². The van der Waals surface area contributed by atoms with Gasteiger partial charge in [-0.15, -0.1) is 0 Å². The summed E-state index contributed by atoms with van der Waals surface area (Å²) in [5.74, 6) is 2.71. The first-order valence-electron chi connectivity index (χ1n) is 8.89. The van der Waals surface area contributed by atoms with E-state index in [0.29, 0.717) is 12.1 Å². The maximum Gasteiger partial charge on any atom is 0.224 e. The zero-order valence-corrected chi connectivity index (χ0v) is 15.1. The van der Waals surface area contributed by atoms with Gasteiger partial charge in [-0.3, -0.25) is 9.69 Å². The van der Waals surface area contributed by atoms with Crippen LogP contribution in [0.25, 0.3) is 0 Å². The first-order valence-corrected chi connectivity index (χ1v) is 10.0. The summed E-state index contributed by atoms with van der Waals surface area (Å²) in [7, 11) is 3.55. The number of amides is 1. The van der Waals surface area contributed by atoms with Gasteiger partial charge in [-0.05, 0) is 44.4 Å². The third-order valence-corrected chi connectivity index (χ3v) is 6.85. The van der Waals surface area contributed by atoms with Crippen LogP contribution in [0.4, 0.5) is 0 Å². The van der Waals surface area contributed by atoms with Crippen LogP contribution >= 0.6 is 11.8 Å². The van der Waals surface area contributed by atoms with E-state index in [4.69, 9.17) is 9.47 Å². The molecule has 5 unspecified atom stereocenters. The Hall–Kier alpha value is -0.300. The maximum absolute atomic E-state index is 12.5. The smallest absolute Gasteiger partial charge is 0.224 e. The molecule has 1 saturated carbocycles. The molecule has 0 spiro atoms. The topological polar surface area (TPSA) is 50.8 Å². The van der Waals surface area contributed by atoms with E-state index < -0.39 is 0 Å². The molecule has 132 valence electrons. The Morgan fingerprint density at radius 3 is 2.65 bits per heavy atom. The molecule has 0 aromatic heterocycles. The third-order valence-electron chi connectivity index (χ3n) is 5.69. The highest BCUT2D eigenvalue weighted by Crippen LogP contribution is 2.30. The average molecular weight is 343 g/mol. The van der Waals surface area contributed by atoms with E-state index in [1.165, 1.54) is 5.75 Å². The van der Waals surface area contributed by atoms with Gasteiger partial charge in [-0.1, -0.05) is 0 Å². The van der Waals surface area contributed by atoms with Crippen molar-refractivity contribution in [2.75, 3.05) is 38.8 Å². The minimum Gasteiger partial charge on any atom is -0.379 e. The van der Waals surface area contributed by atoms with E-state index >= 15 is 0 Å². The average Bonchev–Trinajstić information content (AvgIpc) is 3.25. The number of likely N-dealkylation sites (tertiary alicyclic amines) is 1. The zero-order chi connectivity index (χ0) is 16.2. The van der Waals surface area contributed by atoms with Gasteiger partial charge in [0, 0.05) is 38.6 Å². The lowest BCUT2D eigenvalue weighted by molar-refractivity contribution is -0.125. The van der Waals surface area contributed by atoms with Crippen LogP contribution in [0.15, 0.2) is 0 Å². The summed E-state index contributed by atoms with van der Waals surface area (Å²) in [6.07, 6.45) is 5.73. The number of nitrogens with zero attached hydrogens (tertiary/aromatic N) is 1. The summed E-state index contributed by atoms with van der Waals surface area (Å²) >= 11 is 1.94. The molecule has 2 saturated heterocycles. The molecule has 23 heavy (non-hydrogen) atoms. The Balaban J connectivity index is 1.48. The number of carbonyl (C=O) groups excluding carboxylic acids is 1. The molecule has 6 heteroatoms. The summed E-state index contributed by atoms with van der Waals surface area (Å²) in [6.45, 7) is 1.95. The van der Waals surface area contributed by atoms with Gasteiger partial charge < -0.3 is 14.8 Å². The number of hydrogen-bond donors (Lipinski definition) is 1. The minimum atomic E-state index is 0.168. The highest BCUT2D eigenvalue weighted by Gasteiger charge is 2.38. The minimum absolute atomic E-state index is 0.168. The largest absolute Gasteiger partial charge is 0.379 e. The predicted octanol–water partition coefficient (Wildman–Crippen LogP) is 1.51. The van der Waals surface area contributed by atoms with E-state index in [0.717, 1.165) is 50.9 Å². The number of rotatable bonds is 5. The normalized spacial score (nSPS) is 38.8. The first-order chi connectivity index (χ1) is 11.2. The number of methoxy groups -OCH3 is 2. The fourth-order valence-electron chi connectivity index (χ4n) is 4.23. The second-order valence-corrected chi connectivity index (χ2v) is 8.21. The molecular formula is C17H30N2O3S. The van der Waals surface area contributed by atoms with Gasteiger partial charge in [0.2, 0.25) is 5.91 Å². The van der Waals surface area contributed by atoms with Crippen molar-refractivity contribution in [3.05, 3.63) is 0 Å². The molecule has 2 heterocycles. The monoisotopic (exact) mass is 342 g/mol. The lowest BCUT2D eigenvalue weighted by Crippen LogP contribution is -2.46. The van der Waals surface area contributed by atoms with Gasteiger partial charge in [0.1, 0.15) is 0 Å².